The highest BCUT2D eigenvalue weighted by molar-refractivity contribution is 7.99. The van der Waals surface area contributed by atoms with E-state index in [9.17, 15) is 4.79 Å². The number of aromatic nitrogens is 2. The summed E-state index contributed by atoms with van der Waals surface area (Å²) in [5, 5.41) is 12.3. The normalized spacial score (nSPS) is 15.5. The molecule has 0 atom stereocenters. The first-order valence-corrected chi connectivity index (χ1v) is 6.00. The maximum atomic E-state index is 10.3. The lowest BCUT2D eigenvalue weighted by Crippen LogP contribution is -1.98. The number of aliphatic carboxylic acids is 1. The molecule has 2 rings (SSSR count). The van der Waals surface area contributed by atoms with Gasteiger partial charge in [0.1, 0.15) is 0 Å². The molecule has 0 radical (unpaired) electrons. The molecule has 0 aliphatic heterocycles. The predicted molar refractivity (Wildman–Crippen MR) is 54.5 cm³/mol. The van der Waals surface area contributed by atoms with Crippen LogP contribution in [0.3, 0.4) is 0 Å². The minimum atomic E-state index is -0.822. The summed E-state index contributed by atoms with van der Waals surface area (Å²) in [6.45, 7) is 0. The number of thioether (sulfide) groups is 1. The van der Waals surface area contributed by atoms with E-state index in [0.717, 1.165) is 18.2 Å². The zero-order chi connectivity index (χ0) is 10.7. The van der Waals surface area contributed by atoms with Crippen molar-refractivity contribution in [1.29, 1.82) is 0 Å². The molecule has 1 aromatic heterocycles. The summed E-state index contributed by atoms with van der Waals surface area (Å²) in [6.07, 6.45) is 3.42. The fourth-order valence-electron chi connectivity index (χ4n) is 1.24. The number of hydrogen-bond acceptors (Lipinski definition) is 5. The lowest BCUT2D eigenvalue weighted by atomic mass is 10.3. The second kappa shape index (κ2) is 4.65. The van der Waals surface area contributed by atoms with Crippen molar-refractivity contribution in [2.24, 2.45) is 5.92 Å². The number of hydrogen-bond donors (Lipinski definition) is 1. The molecule has 1 N–H and O–H groups in total. The standard InChI is InChI=1S/C9H12N2O3S/c12-9(13)5-15-4-8-10-7(11-14-8)3-6-1-2-6/h6H,1-5H2,(H,12,13). The SMILES string of the molecule is O=C(O)CSCc1nc(CC2CC2)no1. The summed E-state index contributed by atoms with van der Waals surface area (Å²) in [4.78, 5) is 14.5. The number of nitrogens with zero attached hydrogens (tertiary/aromatic N) is 2. The molecule has 5 nitrogen and oxygen atoms in total. The van der Waals surface area contributed by atoms with Crippen molar-refractivity contribution in [2.45, 2.75) is 25.0 Å². The van der Waals surface area contributed by atoms with E-state index in [0.29, 0.717) is 11.6 Å². The Kier molecular flexibility index (Phi) is 3.25. The van der Waals surface area contributed by atoms with Gasteiger partial charge in [0, 0.05) is 6.42 Å². The van der Waals surface area contributed by atoms with Gasteiger partial charge in [0.05, 0.1) is 11.5 Å². The van der Waals surface area contributed by atoms with E-state index < -0.39 is 5.97 Å². The fraction of sp³-hybridized carbons (Fsp3) is 0.667. The van der Waals surface area contributed by atoms with Crippen LogP contribution in [0.4, 0.5) is 0 Å². The van der Waals surface area contributed by atoms with Crippen LogP contribution < -0.4 is 0 Å². The second-order valence-electron chi connectivity index (χ2n) is 3.64. The summed E-state index contributed by atoms with van der Waals surface area (Å²) in [5.74, 6) is 1.74. The maximum absolute atomic E-state index is 10.3. The van der Waals surface area contributed by atoms with Gasteiger partial charge in [-0.15, -0.1) is 11.8 Å². The Morgan fingerprint density at radius 3 is 3.07 bits per heavy atom. The number of rotatable bonds is 6. The van der Waals surface area contributed by atoms with Crippen LogP contribution in [-0.4, -0.2) is 27.0 Å². The van der Waals surface area contributed by atoms with Gasteiger partial charge in [-0.25, -0.2) is 0 Å². The van der Waals surface area contributed by atoms with Gasteiger partial charge in [0.2, 0.25) is 5.89 Å². The van der Waals surface area contributed by atoms with Crippen LogP contribution >= 0.6 is 11.8 Å². The predicted octanol–water partition coefficient (Wildman–Crippen LogP) is 1.34. The van der Waals surface area contributed by atoms with Gasteiger partial charge in [-0.1, -0.05) is 5.16 Å². The first-order chi connectivity index (χ1) is 7.24. The van der Waals surface area contributed by atoms with Gasteiger partial charge in [-0.2, -0.15) is 4.98 Å². The third-order valence-corrected chi connectivity index (χ3v) is 3.03. The fourth-order valence-corrected chi connectivity index (χ4v) is 1.81. The number of carboxylic acid groups (broad SMARTS) is 1. The van der Waals surface area contributed by atoms with Gasteiger partial charge >= 0.3 is 5.97 Å². The van der Waals surface area contributed by atoms with Gasteiger partial charge < -0.3 is 9.63 Å². The molecule has 1 aliphatic carbocycles. The molecule has 1 saturated carbocycles. The highest BCUT2D eigenvalue weighted by Gasteiger charge is 2.23. The van der Waals surface area contributed by atoms with Gasteiger partial charge in [-0.05, 0) is 18.8 Å². The molecule has 0 saturated heterocycles. The Morgan fingerprint density at radius 1 is 1.60 bits per heavy atom. The highest BCUT2D eigenvalue weighted by Crippen LogP contribution is 2.31. The molecule has 0 unspecified atom stereocenters. The monoisotopic (exact) mass is 228 g/mol. The van der Waals surface area contributed by atoms with Crippen LogP contribution in [0, 0.1) is 5.92 Å². The van der Waals surface area contributed by atoms with E-state index in [4.69, 9.17) is 9.63 Å². The zero-order valence-corrected chi connectivity index (χ0v) is 9.00. The third-order valence-electron chi connectivity index (χ3n) is 2.13. The lowest BCUT2D eigenvalue weighted by Gasteiger charge is -1.91. The van der Waals surface area contributed by atoms with Crippen LogP contribution in [-0.2, 0) is 17.0 Å². The topological polar surface area (TPSA) is 76.2 Å². The molecule has 1 heterocycles. The van der Waals surface area contributed by atoms with Crippen LogP contribution in [0.5, 0.6) is 0 Å². The lowest BCUT2D eigenvalue weighted by molar-refractivity contribution is -0.133. The average molecular weight is 228 g/mol. The van der Waals surface area contributed by atoms with E-state index in [1.54, 1.807) is 0 Å². The van der Waals surface area contributed by atoms with Gasteiger partial charge in [0.15, 0.2) is 5.82 Å². The molecule has 1 aliphatic rings. The molecular formula is C9H12N2O3S. The molecule has 15 heavy (non-hydrogen) atoms. The summed E-state index contributed by atoms with van der Waals surface area (Å²) in [6, 6.07) is 0. The number of carboxylic acids is 1. The Balaban J connectivity index is 1.75. The van der Waals surface area contributed by atoms with E-state index in [-0.39, 0.29) is 5.75 Å². The smallest absolute Gasteiger partial charge is 0.313 e. The van der Waals surface area contributed by atoms with Gasteiger partial charge in [0.25, 0.3) is 0 Å². The second-order valence-corrected chi connectivity index (χ2v) is 4.62. The largest absolute Gasteiger partial charge is 0.481 e. The Labute approximate surface area is 91.2 Å². The molecule has 1 fully saturated rings. The summed E-state index contributed by atoms with van der Waals surface area (Å²) in [5.41, 5.74) is 0. The molecule has 0 aromatic carbocycles. The van der Waals surface area contributed by atoms with Crippen molar-refractivity contribution < 1.29 is 14.4 Å². The molecule has 82 valence electrons. The molecule has 6 heteroatoms. The molecule has 0 amide bonds. The summed E-state index contributed by atoms with van der Waals surface area (Å²) >= 11 is 1.27. The zero-order valence-electron chi connectivity index (χ0n) is 8.18. The quantitative estimate of drug-likeness (QED) is 0.791. The van der Waals surface area contributed by atoms with Crippen LogP contribution in [0.1, 0.15) is 24.6 Å². The first-order valence-electron chi connectivity index (χ1n) is 4.85. The van der Waals surface area contributed by atoms with Crippen molar-refractivity contribution in [3.63, 3.8) is 0 Å². The maximum Gasteiger partial charge on any atom is 0.313 e. The molecular weight excluding hydrogens is 216 g/mol. The molecule has 0 bridgehead atoms. The summed E-state index contributed by atoms with van der Waals surface area (Å²) in [7, 11) is 0. The molecule has 0 spiro atoms. The Morgan fingerprint density at radius 2 is 2.40 bits per heavy atom. The van der Waals surface area contributed by atoms with E-state index in [1.807, 2.05) is 0 Å². The van der Waals surface area contributed by atoms with E-state index in [1.165, 1.54) is 24.6 Å². The average Bonchev–Trinajstić information content (AvgIpc) is 2.86. The highest BCUT2D eigenvalue weighted by atomic mass is 32.2. The minimum Gasteiger partial charge on any atom is -0.481 e. The van der Waals surface area contributed by atoms with E-state index >= 15 is 0 Å². The van der Waals surface area contributed by atoms with Crippen molar-refractivity contribution in [2.75, 3.05) is 5.75 Å². The van der Waals surface area contributed by atoms with E-state index in [2.05, 4.69) is 10.1 Å². The van der Waals surface area contributed by atoms with Crippen molar-refractivity contribution in [3.05, 3.63) is 11.7 Å². The number of carbonyl (C=O) groups is 1. The third kappa shape index (κ3) is 3.54. The van der Waals surface area contributed by atoms with Crippen molar-refractivity contribution >= 4 is 17.7 Å². The first kappa shape index (κ1) is 10.5. The van der Waals surface area contributed by atoms with Crippen molar-refractivity contribution in [1.82, 2.24) is 10.1 Å². The summed E-state index contributed by atoms with van der Waals surface area (Å²) < 4.78 is 5.00. The molecule has 1 aromatic rings. The van der Waals surface area contributed by atoms with Crippen LogP contribution in [0.2, 0.25) is 0 Å². The minimum absolute atomic E-state index is 0.0698. The van der Waals surface area contributed by atoms with Crippen molar-refractivity contribution in [3.8, 4) is 0 Å². The Bertz CT molecular complexity index is 349. The van der Waals surface area contributed by atoms with Crippen LogP contribution in [0.15, 0.2) is 4.52 Å². The van der Waals surface area contributed by atoms with Crippen LogP contribution in [0.25, 0.3) is 0 Å². The Hall–Kier alpha value is -1.04. The van der Waals surface area contributed by atoms with Gasteiger partial charge in [-0.3, -0.25) is 4.79 Å².